The number of carbonyl (C=O) groups excluding carboxylic acids is 1. The first-order valence-corrected chi connectivity index (χ1v) is 12.2. The quantitative estimate of drug-likeness (QED) is 0.467. The molecule has 4 rings (SSSR count). The van der Waals surface area contributed by atoms with Crippen molar-refractivity contribution in [3.8, 4) is 11.5 Å². The highest BCUT2D eigenvalue weighted by atomic mass is 32.2. The van der Waals surface area contributed by atoms with Crippen LogP contribution in [0.4, 0.5) is 0 Å². The molecule has 1 aromatic heterocycles. The van der Waals surface area contributed by atoms with Crippen LogP contribution in [-0.4, -0.2) is 73.9 Å². The lowest BCUT2D eigenvalue weighted by atomic mass is 10.1. The maximum absolute atomic E-state index is 13.1. The molecule has 9 heteroatoms. The van der Waals surface area contributed by atoms with E-state index in [0.717, 1.165) is 17.0 Å². The second-order valence-electron chi connectivity index (χ2n) is 8.09. The molecule has 0 N–H and O–H groups in total. The molecule has 0 radical (unpaired) electrons. The summed E-state index contributed by atoms with van der Waals surface area (Å²) in [6.07, 6.45) is 1.82. The molecule has 1 fully saturated rings. The molecule has 2 aliphatic heterocycles. The minimum absolute atomic E-state index is 0.0524. The van der Waals surface area contributed by atoms with Gasteiger partial charge < -0.3 is 14.0 Å². The third kappa shape index (κ3) is 4.32. The number of piperazine rings is 1. The Morgan fingerprint density at radius 3 is 2.44 bits per heavy atom. The van der Waals surface area contributed by atoms with E-state index < -0.39 is 10.0 Å². The van der Waals surface area contributed by atoms with Crippen molar-refractivity contribution in [2.24, 2.45) is 0 Å². The molecular formula is C23H29N3O5S. The van der Waals surface area contributed by atoms with E-state index in [1.807, 2.05) is 30.9 Å². The maximum Gasteiger partial charge on any atom is 0.243 e. The number of hydrogen-bond acceptors (Lipinski definition) is 6. The van der Waals surface area contributed by atoms with Crippen LogP contribution in [0, 0.1) is 13.8 Å². The lowest BCUT2D eigenvalue weighted by molar-refractivity contribution is 0.0901. The number of fused-ring (bicyclic) bond motifs is 1. The highest BCUT2D eigenvalue weighted by Crippen LogP contribution is 2.33. The molecule has 1 aromatic carbocycles. The van der Waals surface area contributed by atoms with Crippen molar-refractivity contribution >= 4 is 15.8 Å². The summed E-state index contributed by atoms with van der Waals surface area (Å²) in [7, 11) is -3.64. The average molecular weight is 460 g/mol. The highest BCUT2D eigenvalue weighted by molar-refractivity contribution is 7.89. The van der Waals surface area contributed by atoms with Crippen LogP contribution in [0.25, 0.3) is 0 Å². The second kappa shape index (κ2) is 9.09. The Morgan fingerprint density at radius 1 is 1.06 bits per heavy atom. The number of carbonyl (C=O) groups is 1. The van der Waals surface area contributed by atoms with Gasteiger partial charge in [0.05, 0.1) is 11.4 Å². The van der Waals surface area contributed by atoms with Crippen molar-refractivity contribution in [3.05, 3.63) is 53.9 Å². The first-order chi connectivity index (χ1) is 15.3. The van der Waals surface area contributed by atoms with Gasteiger partial charge in [-0.3, -0.25) is 9.69 Å². The van der Waals surface area contributed by atoms with Crippen LogP contribution in [0.2, 0.25) is 0 Å². The molecule has 0 spiro atoms. The van der Waals surface area contributed by atoms with E-state index in [9.17, 15) is 13.2 Å². The van der Waals surface area contributed by atoms with Crippen LogP contribution >= 0.6 is 0 Å². The fourth-order valence-corrected chi connectivity index (χ4v) is 5.68. The number of sulfonamides is 1. The Morgan fingerprint density at radius 2 is 1.75 bits per heavy atom. The molecule has 2 aromatic rings. The number of ether oxygens (including phenoxy) is 2. The van der Waals surface area contributed by atoms with Gasteiger partial charge in [-0.2, -0.15) is 4.31 Å². The molecular weight excluding hydrogens is 430 g/mol. The van der Waals surface area contributed by atoms with Crippen molar-refractivity contribution in [1.29, 1.82) is 0 Å². The zero-order valence-electron chi connectivity index (χ0n) is 18.5. The first kappa shape index (κ1) is 22.6. The largest absolute Gasteiger partial charge is 0.486 e. The van der Waals surface area contributed by atoms with Gasteiger partial charge in [-0.05, 0) is 32.0 Å². The summed E-state index contributed by atoms with van der Waals surface area (Å²) in [5, 5.41) is 0. The van der Waals surface area contributed by atoms with E-state index >= 15 is 0 Å². The average Bonchev–Trinajstić information content (AvgIpc) is 3.08. The maximum atomic E-state index is 13.1. The Kier molecular flexibility index (Phi) is 6.41. The minimum Gasteiger partial charge on any atom is -0.486 e. The van der Waals surface area contributed by atoms with Gasteiger partial charge in [0.1, 0.15) is 13.2 Å². The Balaban J connectivity index is 1.39. The number of rotatable bonds is 7. The summed E-state index contributed by atoms with van der Waals surface area (Å²) in [5.74, 6) is 1.07. The minimum atomic E-state index is -3.64. The van der Waals surface area contributed by atoms with Gasteiger partial charge in [0, 0.05) is 55.7 Å². The fraction of sp³-hybridized carbons (Fsp3) is 0.435. The van der Waals surface area contributed by atoms with Crippen molar-refractivity contribution in [2.75, 3.05) is 45.9 Å². The molecule has 0 atom stereocenters. The highest BCUT2D eigenvalue weighted by Gasteiger charge is 2.30. The second-order valence-corrected chi connectivity index (χ2v) is 10.0. The van der Waals surface area contributed by atoms with Crippen LogP contribution in [0.5, 0.6) is 11.5 Å². The standard InChI is InChI=1S/C23H29N3O5S/c1-4-7-26-17(2)14-20(18(26)3)21(27)16-24-8-10-25(11-9-24)32(28,29)19-5-6-22-23(15-19)31-13-12-30-22/h4-6,14-15H,1,7-13,16H2,2-3H3. The van der Waals surface area contributed by atoms with Gasteiger partial charge in [-0.25, -0.2) is 8.42 Å². The Labute approximate surface area is 189 Å². The van der Waals surface area contributed by atoms with Gasteiger partial charge >= 0.3 is 0 Å². The topological polar surface area (TPSA) is 81.1 Å². The molecule has 0 unspecified atom stereocenters. The van der Waals surface area contributed by atoms with Gasteiger partial charge in [-0.15, -0.1) is 6.58 Å². The zero-order chi connectivity index (χ0) is 22.9. The summed E-state index contributed by atoms with van der Waals surface area (Å²) >= 11 is 0. The van der Waals surface area contributed by atoms with Gasteiger partial charge in [0.25, 0.3) is 0 Å². The molecule has 2 aliphatic rings. The third-order valence-corrected chi connectivity index (χ3v) is 7.93. The lowest BCUT2D eigenvalue weighted by Gasteiger charge is -2.33. The molecule has 0 saturated carbocycles. The van der Waals surface area contributed by atoms with E-state index in [1.54, 1.807) is 12.1 Å². The van der Waals surface area contributed by atoms with Crippen molar-refractivity contribution in [2.45, 2.75) is 25.3 Å². The van der Waals surface area contributed by atoms with Crippen LogP contribution in [0.15, 0.2) is 41.8 Å². The van der Waals surface area contributed by atoms with Gasteiger partial charge in [-0.1, -0.05) is 6.08 Å². The van der Waals surface area contributed by atoms with Gasteiger partial charge in [0.2, 0.25) is 10.0 Å². The van der Waals surface area contributed by atoms with Crippen LogP contribution in [0.3, 0.4) is 0 Å². The Hall–Kier alpha value is -2.62. The molecule has 0 amide bonds. The predicted molar refractivity (Wildman–Crippen MR) is 121 cm³/mol. The summed E-state index contributed by atoms with van der Waals surface area (Å²) in [6.45, 7) is 11.2. The number of nitrogens with zero attached hydrogens (tertiary/aromatic N) is 3. The summed E-state index contributed by atoms with van der Waals surface area (Å²) < 4.78 is 40.7. The summed E-state index contributed by atoms with van der Waals surface area (Å²) in [5.41, 5.74) is 2.68. The van der Waals surface area contributed by atoms with Crippen molar-refractivity contribution < 1.29 is 22.7 Å². The fourth-order valence-electron chi connectivity index (χ4n) is 4.24. The number of allylic oxidation sites excluding steroid dienone is 1. The molecule has 3 heterocycles. The van der Waals surface area contributed by atoms with E-state index in [4.69, 9.17) is 9.47 Å². The van der Waals surface area contributed by atoms with E-state index in [1.165, 1.54) is 10.4 Å². The van der Waals surface area contributed by atoms with E-state index in [0.29, 0.717) is 57.4 Å². The normalized spacial score (nSPS) is 17.3. The molecule has 8 nitrogen and oxygen atoms in total. The van der Waals surface area contributed by atoms with Gasteiger partial charge in [0.15, 0.2) is 17.3 Å². The number of ketones is 1. The first-order valence-electron chi connectivity index (χ1n) is 10.7. The van der Waals surface area contributed by atoms with Crippen LogP contribution in [-0.2, 0) is 16.6 Å². The Bertz CT molecular complexity index is 1130. The molecule has 172 valence electrons. The number of benzene rings is 1. The smallest absolute Gasteiger partial charge is 0.243 e. The molecule has 32 heavy (non-hydrogen) atoms. The lowest BCUT2D eigenvalue weighted by Crippen LogP contribution is -2.49. The number of aromatic nitrogens is 1. The van der Waals surface area contributed by atoms with E-state index in [2.05, 4.69) is 11.1 Å². The number of hydrogen-bond donors (Lipinski definition) is 0. The third-order valence-electron chi connectivity index (χ3n) is 6.04. The molecule has 0 aliphatic carbocycles. The molecule has 1 saturated heterocycles. The monoisotopic (exact) mass is 459 g/mol. The summed E-state index contributed by atoms with van der Waals surface area (Å²) in [4.78, 5) is 15.1. The van der Waals surface area contributed by atoms with Crippen LogP contribution in [0.1, 0.15) is 21.7 Å². The number of Topliss-reactive ketones (excluding diaryl/α,β-unsaturated/α-hetero) is 1. The van der Waals surface area contributed by atoms with E-state index in [-0.39, 0.29) is 17.2 Å². The van der Waals surface area contributed by atoms with Crippen LogP contribution < -0.4 is 9.47 Å². The van der Waals surface area contributed by atoms with Crippen molar-refractivity contribution in [1.82, 2.24) is 13.8 Å². The number of aryl methyl sites for hydroxylation is 1. The molecule has 0 bridgehead atoms. The van der Waals surface area contributed by atoms with Crippen molar-refractivity contribution in [3.63, 3.8) is 0 Å². The predicted octanol–water partition coefficient (Wildman–Crippen LogP) is 2.25. The SMILES string of the molecule is C=CCn1c(C)cc(C(=O)CN2CCN(S(=O)(=O)c3ccc4c(c3)OCCO4)CC2)c1C. The summed E-state index contributed by atoms with van der Waals surface area (Å²) in [6, 6.07) is 6.64. The zero-order valence-corrected chi connectivity index (χ0v) is 19.4.